The molecule has 2 nitrogen and oxygen atoms in total. The minimum Gasteiger partial charge on any atom is -0.238 e. The summed E-state index contributed by atoms with van der Waals surface area (Å²) in [5, 5.41) is 1.09. The Labute approximate surface area is 121 Å². The highest BCUT2D eigenvalue weighted by atomic mass is 35.5. The largest absolute Gasteiger partial charge is 0.238 e. The first-order valence-corrected chi connectivity index (χ1v) is 6.71. The van der Waals surface area contributed by atoms with Gasteiger partial charge < -0.3 is 0 Å². The van der Waals surface area contributed by atoms with Crippen molar-refractivity contribution >= 4 is 34.8 Å². The summed E-state index contributed by atoms with van der Waals surface area (Å²) < 4.78 is 0. The van der Waals surface area contributed by atoms with Gasteiger partial charge in [-0.25, -0.2) is 9.97 Å². The van der Waals surface area contributed by atoms with E-state index in [0.29, 0.717) is 22.3 Å². The summed E-state index contributed by atoms with van der Waals surface area (Å²) in [7, 11) is 0. The third kappa shape index (κ3) is 3.35. The fourth-order valence-electron chi connectivity index (χ4n) is 1.68. The maximum absolute atomic E-state index is 5.98. The van der Waals surface area contributed by atoms with Crippen molar-refractivity contribution in [1.82, 2.24) is 9.97 Å². The lowest BCUT2D eigenvalue weighted by atomic mass is 10.1. The van der Waals surface area contributed by atoms with Crippen molar-refractivity contribution in [2.24, 2.45) is 0 Å². The molecule has 2 rings (SSSR count). The normalized spacial score (nSPS) is 10.7. The predicted molar refractivity (Wildman–Crippen MR) is 75.6 cm³/mol. The first-order chi connectivity index (χ1) is 8.58. The van der Waals surface area contributed by atoms with Gasteiger partial charge in [0.25, 0.3) is 0 Å². The molecular weight excluding hydrogens is 291 g/mol. The molecule has 0 fully saturated rings. The molecule has 94 valence electrons. The third-order valence-corrected chi connectivity index (χ3v) is 3.45. The van der Waals surface area contributed by atoms with Crippen LogP contribution in [0.5, 0.6) is 0 Å². The number of halogens is 3. The van der Waals surface area contributed by atoms with Crippen molar-refractivity contribution in [2.45, 2.75) is 19.2 Å². The lowest BCUT2D eigenvalue weighted by molar-refractivity contribution is 0.912. The fourth-order valence-corrected chi connectivity index (χ4v) is 2.14. The first-order valence-electron chi connectivity index (χ1n) is 5.42. The molecule has 0 aliphatic rings. The molecule has 1 aromatic carbocycles. The van der Waals surface area contributed by atoms with E-state index >= 15 is 0 Å². The molecule has 18 heavy (non-hydrogen) atoms. The fraction of sp³-hybridized carbons (Fsp3) is 0.231. The van der Waals surface area contributed by atoms with E-state index in [1.807, 2.05) is 25.1 Å². The van der Waals surface area contributed by atoms with E-state index in [-0.39, 0.29) is 0 Å². The van der Waals surface area contributed by atoms with Gasteiger partial charge in [0.05, 0.1) is 21.6 Å². The van der Waals surface area contributed by atoms with Crippen LogP contribution in [0.15, 0.2) is 24.3 Å². The zero-order valence-electron chi connectivity index (χ0n) is 9.75. The standard InChI is InChI=1S/C13H11Cl3N2/c1-8-4-10(7-14)18-13(17-8)6-9-2-3-11(15)12(16)5-9/h2-5H,6-7H2,1H3. The van der Waals surface area contributed by atoms with Crippen molar-refractivity contribution in [1.29, 1.82) is 0 Å². The number of aryl methyl sites for hydroxylation is 1. The Balaban J connectivity index is 2.27. The van der Waals surface area contributed by atoms with Crippen LogP contribution in [0, 0.1) is 6.92 Å². The Kier molecular flexibility index (Phi) is 4.44. The van der Waals surface area contributed by atoms with Crippen LogP contribution in [0.1, 0.15) is 22.8 Å². The van der Waals surface area contributed by atoms with Gasteiger partial charge in [0.15, 0.2) is 0 Å². The van der Waals surface area contributed by atoms with E-state index in [2.05, 4.69) is 9.97 Å². The van der Waals surface area contributed by atoms with Crippen LogP contribution < -0.4 is 0 Å². The number of hydrogen-bond acceptors (Lipinski definition) is 2. The van der Waals surface area contributed by atoms with Gasteiger partial charge in [-0.05, 0) is 30.7 Å². The van der Waals surface area contributed by atoms with Crippen LogP contribution >= 0.6 is 34.8 Å². The molecule has 0 N–H and O–H groups in total. The molecule has 0 amide bonds. The maximum Gasteiger partial charge on any atom is 0.133 e. The summed E-state index contributed by atoms with van der Waals surface area (Å²) in [5.41, 5.74) is 2.77. The minimum absolute atomic E-state index is 0.387. The molecule has 0 aliphatic heterocycles. The molecule has 0 aliphatic carbocycles. The molecule has 2 aromatic rings. The highest BCUT2D eigenvalue weighted by Crippen LogP contribution is 2.23. The quantitative estimate of drug-likeness (QED) is 0.784. The SMILES string of the molecule is Cc1cc(CCl)nc(Cc2ccc(Cl)c(Cl)c2)n1. The number of hydrogen-bond donors (Lipinski definition) is 0. The van der Waals surface area contributed by atoms with Crippen LogP contribution in [0.4, 0.5) is 0 Å². The molecule has 0 bridgehead atoms. The monoisotopic (exact) mass is 300 g/mol. The Morgan fingerprint density at radius 2 is 1.83 bits per heavy atom. The number of rotatable bonds is 3. The van der Waals surface area contributed by atoms with E-state index in [0.717, 1.165) is 22.8 Å². The number of aromatic nitrogens is 2. The molecule has 0 saturated carbocycles. The Hall–Kier alpha value is -0.830. The van der Waals surface area contributed by atoms with Crippen molar-refractivity contribution in [3.63, 3.8) is 0 Å². The average molecular weight is 302 g/mol. The lowest BCUT2D eigenvalue weighted by Crippen LogP contribution is -2.01. The van der Waals surface area contributed by atoms with Crippen molar-refractivity contribution in [3.05, 3.63) is 57.1 Å². The second-order valence-electron chi connectivity index (χ2n) is 3.98. The number of nitrogens with zero attached hydrogens (tertiary/aromatic N) is 2. The molecule has 1 heterocycles. The predicted octanol–water partition coefficient (Wildman–Crippen LogP) is 4.42. The molecule has 1 aromatic heterocycles. The Morgan fingerprint density at radius 3 is 2.50 bits per heavy atom. The summed E-state index contributed by atoms with van der Waals surface area (Å²) in [5.74, 6) is 1.13. The zero-order chi connectivity index (χ0) is 13.1. The highest BCUT2D eigenvalue weighted by molar-refractivity contribution is 6.42. The second-order valence-corrected chi connectivity index (χ2v) is 5.06. The zero-order valence-corrected chi connectivity index (χ0v) is 12.0. The van der Waals surface area contributed by atoms with Crippen LogP contribution in [-0.2, 0) is 12.3 Å². The summed E-state index contributed by atoms with van der Waals surface area (Å²) in [4.78, 5) is 8.76. The van der Waals surface area contributed by atoms with E-state index in [9.17, 15) is 0 Å². The molecule has 0 saturated heterocycles. The van der Waals surface area contributed by atoms with Gasteiger partial charge in [-0.1, -0.05) is 29.3 Å². The molecule has 0 atom stereocenters. The summed E-state index contributed by atoms with van der Waals surface area (Å²) in [6, 6.07) is 7.40. The molecule has 0 spiro atoms. The Bertz CT molecular complexity index is 570. The topological polar surface area (TPSA) is 25.8 Å². The van der Waals surface area contributed by atoms with Gasteiger partial charge in [0.1, 0.15) is 5.82 Å². The van der Waals surface area contributed by atoms with Gasteiger partial charge in [0.2, 0.25) is 0 Å². The van der Waals surface area contributed by atoms with E-state index in [4.69, 9.17) is 34.8 Å². The average Bonchev–Trinajstić information content (AvgIpc) is 2.33. The number of benzene rings is 1. The number of alkyl halides is 1. The van der Waals surface area contributed by atoms with Crippen LogP contribution in [0.3, 0.4) is 0 Å². The summed E-state index contributed by atoms with van der Waals surface area (Å²) in [6.07, 6.45) is 0.614. The molecule has 5 heteroatoms. The van der Waals surface area contributed by atoms with Crippen molar-refractivity contribution < 1.29 is 0 Å². The van der Waals surface area contributed by atoms with Gasteiger partial charge in [-0.15, -0.1) is 11.6 Å². The van der Waals surface area contributed by atoms with Gasteiger partial charge in [-0.2, -0.15) is 0 Å². The van der Waals surface area contributed by atoms with E-state index in [1.54, 1.807) is 6.07 Å². The smallest absolute Gasteiger partial charge is 0.133 e. The molecule has 0 unspecified atom stereocenters. The van der Waals surface area contributed by atoms with Gasteiger partial charge in [0, 0.05) is 12.1 Å². The van der Waals surface area contributed by atoms with Crippen LogP contribution in [-0.4, -0.2) is 9.97 Å². The van der Waals surface area contributed by atoms with Crippen LogP contribution in [0.25, 0.3) is 0 Å². The lowest BCUT2D eigenvalue weighted by Gasteiger charge is -2.05. The van der Waals surface area contributed by atoms with Gasteiger partial charge in [-0.3, -0.25) is 0 Å². The van der Waals surface area contributed by atoms with Crippen molar-refractivity contribution in [3.8, 4) is 0 Å². The minimum atomic E-state index is 0.387. The van der Waals surface area contributed by atoms with Crippen LogP contribution in [0.2, 0.25) is 10.0 Å². The summed E-state index contributed by atoms with van der Waals surface area (Å²) in [6.45, 7) is 1.93. The molecular formula is C13H11Cl3N2. The third-order valence-electron chi connectivity index (χ3n) is 2.44. The maximum atomic E-state index is 5.98. The second kappa shape index (κ2) is 5.87. The Morgan fingerprint density at radius 1 is 1.06 bits per heavy atom. The molecule has 0 radical (unpaired) electrons. The van der Waals surface area contributed by atoms with Crippen molar-refractivity contribution in [2.75, 3.05) is 0 Å². The van der Waals surface area contributed by atoms with E-state index in [1.165, 1.54) is 0 Å². The highest BCUT2D eigenvalue weighted by Gasteiger charge is 2.05. The van der Waals surface area contributed by atoms with Gasteiger partial charge >= 0.3 is 0 Å². The summed E-state index contributed by atoms with van der Waals surface area (Å²) >= 11 is 17.6. The first kappa shape index (κ1) is 13.6. The van der Waals surface area contributed by atoms with E-state index < -0.39 is 0 Å².